The third-order valence-corrected chi connectivity index (χ3v) is 5.87. The monoisotopic (exact) mass is 392 g/mol. The fourth-order valence-electron chi connectivity index (χ4n) is 3.55. The van der Waals surface area contributed by atoms with Gasteiger partial charge in [0, 0.05) is 5.56 Å². The summed E-state index contributed by atoms with van der Waals surface area (Å²) in [5.74, 6) is -0.239. The molecule has 0 aliphatic carbocycles. The number of nitrogens with one attached hydrogen (secondary N) is 1. The molecular formula is C22H22N3O2S+. The van der Waals surface area contributed by atoms with E-state index in [0.29, 0.717) is 5.69 Å². The number of anilines is 2. The van der Waals surface area contributed by atoms with Gasteiger partial charge in [-0.15, -0.1) is 11.3 Å². The molecule has 2 atom stereocenters. The number of benzene rings is 2. The highest BCUT2D eigenvalue weighted by atomic mass is 32.1. The Balaban J connectivity index is 1.59. The summed E-state index contributed by atoms with van der Waals surface area (Å²) in [6, 6.07) is 21.4. The second-order valence-corrected chi connectivity index (χ2v) is 7.85. The van der Waals surface area contributed by atoms with E-state index < -0.39 is 0 Å². The quantitative estimate of drug-likeness (QED) is 0.701. The minimum absolute atomic E-state index is 0.0361. The van der Waals surface area contributed by atoms with Crippen LogP contribution in [0.5, 0.6) is 0 Å². The van der Waals surface area contributed by atoms with Crippen molar-refractivity contribution in [3.8, 4) is 0 Å². The van der Waals surface area contributed by atoms with E-state index in [1.807, 2.05) is 55.5 Å². The Kier molecular flexibility index (Phi) is 5.23. The van der Waals surface area contributed by atoms with E-state index in [-0.39, 0.29) is 30.4 Å². The molecule has 6 heteroatoms. The van der Waals surface area contributed by atoms with Crippen LogP contribution in [0.3, 0.4) is 0 Å². The molecular weight excluding hydrogens is 370 g/mol. The first-order valence-electron chi connectivity index (χ1n) is 9.27. The Morgan fingerprint density at radius 1 is 1.07 bits per heavy atom. The van der Waals surface area contributed by atoms with Crippen LogP contribution in [0.1, 0.15) is 23.4 Å². The number of fused-ring (bicyclic) bond motifs is 1. The average Bonchev–Trinajstić information content (AvgIpc) is 3.25. The zero-order valence-electron chi connectivity index (χ0n) is 15.5. The summed E-state index contributed by atoms with van der Waals surface area (Å²) in [4.78, 5) is 28.1. The third-order valence-electron chi connectivity index (χ3n) is 4.92. The Morgan fingerprint density at radius 2 is 1.82 bits per heavy atom. The summed E-state index contributed by atoms with van der Waals surface area (Å²) in [6.07, 6.45) is 0. The molecule has 0 radical (unpaired) electrons. The lowest BCUT2D eigenvalue weighted by Gasteiger charge is -2.31. The molecule has 2 amide bonds. The van der Waals surface area contributed by atoms with Crippen LogP contribution >= 0.6 is 11.3 Å². The van der Waals surface area contributed by atoms with E-state index in [0.717, 1.165) is 11.3 Å². The third kappa shape index (κ3) is 3.69. The minimum Gasteiger partial charge on any atom is -0.326 e. The molecule has 3 aromatic rings. The average molecular weight is 393 g/mol. The van der Waals surface area contributed by atoms with Crippen molar-refractivity contribution in [2.24, 2.45) is 0 Å². The molecule has 1 aliphatic heterocycles. The summed E-state index contributed by atoms with van der Waals surface area (Å²) in [7, 11) is 0. The van der Waals surface area contributed by atoms with Crippen molar-refractivity contribution < 1.29 is 14.9 Å². The molecule has 5 nitrogen and oxygen atoms in total. The van der Waals surface area contributed by atoms with Gasteiger partial charge < -0.3 is 10.6 Å². The fourth-order valence-corrected chi connectivity index (χ4v) is 4.38. The number of nitrogens with two attached hydrogens (primary N) is 1. The van der Waals surface area contributed by atoms with E-state index in [4.69, 9.17) is 0 Å². The van der Waals surface area contributed by atoms with Gasteiger partial charge in [0.1, 0.15) is 12.6 Å². The van der Waals surface area contributed by atoms with Crippen LogP contribution in [0.25, 0.3) is 0 Å². The zero-order valence-corrected chi connectivity index (χ0v) is 16.4. The van der Waals surface area contributed by atoms with Crippen LogP contribution in [-0.4, -0.2) is 24.4 Å². The van der Waals surface area contributed by atoms with Gasteiger partial charge in [-0.3, -0.25) is 14.5 Å². The number of thiophene rings is 1. The zero-order chi connectivity index (χ0) is 19.5. The molecule has 2 heterocycles. The molecule has 1 aliphatic rings. The normalized spacial score (nSPS) is 15.5. The van der Waals surface area contributed by atoms with Crippen molar-refractivity contribution >= 4 is 34.5 Å². The number of hydrogen-bond donors (Lipinski definition) is 2. The smallest absolute Gasteiger partial charge is 0.285 e. The highest BCUT2D eigenvalue weighted by Crippen LogP contribution is 2.29. The summed E-state index contributed by atoms with van der Waals surface area (Å²) >= 11 is 1.68. The van der Waals surface area contributed by atoms with Gasteiger partial charge in [-0.1, -0.05) is 48.5 Å². The number of para-hydroxylation sites is 2. The Bertz CT molecular complexity index is 972. The number of carbonyl (C=O) groups is 2. The van der Waals surface area contributed by atoms with Crippen LogP contribution in [0.4, 0.5) is 11.4 Å². The molecule has 0 saturated carbocycles. The van der Waals surface area contributed by atoms with Gasteiger partial charge in [0.05, 0.1) is 16.3 Å². The van der Waals surface area contributed by atoms with E-state index in [1.165, 1.54) is 4.88 Å². The lowest BCUT2D eigenvalue weighted by atomic mass is 10.0. The number of rotatable bonds is 5. The van der Waals surface area contributed by atoms with Crippen LogP contribution < -0.4 is 15.5 Å². The maximum absolute atomic E-state index is 13.3. The summed E-state index contributed by atoms with van der Waals surface area (Å²) in [5, 5.41) is 6.97. The van der Waals surface area contributed by atoms with Gasteiger partial charge in [-0.05, 0) is 30.5 Å². The molecule has 0 spiro atoms. The Morgan fingerprint density at radius 3 is 2.57 bits per heavy atom. The molecule has 2 aromatic carbocycles. The van der Waals surface area contributed by atoms with Crippen molar-refractivity contribution in [2.75, 3.05) is 16.8 Å². The van der Waals surface area contributed by atoms with E-state index in [9.17, 15) is 9.59 Å². The highest BCUT2D eigenvalue weighted by Gasteiger charge is 2.33. The largest absolute Gasteiger partial charge is 0.326 e. The first-order valence-corrected chi connectivity index (χ1v) is 10.1. The summed E-state index contributed by atoms with van der Waals surface area (Å²) in [6.45, 7) is 1.95. The molecule has 4 rings (SSSR count). The number of amides is 2. The van der Waals surface area contributed by atoms with E-state index >= 15 is 0 Å². The highest BCUT2D eigenvalue weighted by molar-refractivity contribution is 7.10. The van der Waals surface area contributed by atoms with Gasteiger partial charge in [-0.2, -0.15) is 0 Å². The second-order valence-electron chi connectivity index (χ2n) is 6.87. The van der Waals surface area contributed by atoms with Crippen LogP contribution in [0.2, 0.25) is 0 Å². The van der Waals surface area contributed by atoms with Gasteiger partial charge in [0.15, 0.2) is 6.04 Å². The van der Waals surface area contributed by atoms with Gasteiger partial charge in [-0.25, -0.2) is 0 Å². The molecule has 0 fully saturated rings. The summed E-state index contributed by atoms with van der Waals surface area (Å²) in [5.41, 5.74) is 2.58. The van der Waals surface area contributed by atoms with Gasteiger partial charge >= 0.3 is 0 Å². The molecule has 3 N–H and O–H groups in total. The molecule has 0 bridgehead atoms. The fraction of sp³-hybridized carbons (Fsp3) is 0.182. The summed E-state index contributed by atoms with van der Waals surface area (Å²) < 4.78 is 0. The van der Waals surface area contributed by atoms with Crippen molar-refractivity contribution in [1.82, 2.24) is 0 Å². The first kappa shape index (κ1) is 18.4. The SMILES string of the molecule is C[C@H]([NH2+][C@H](c1ccccc1)c1cccs1)C(=O)N1CC(=O)Nc2ccccc21. The van der Waals surface area contributed by atoms with Crippen molar-refractivity contribution in [3.05, 3.63) is 82.6 Å². The number of nitrogens with zero attached hydrogens (tertiary/aromatic N) is 1. The first-order chi connectivity index (χ1) is 13.6. The predicted molar refractivity (Wildman–Crippen MR) is 111 cm³/mol. The molecule has 0 unspecified atom stereocenters. The maximum Gasteiger partial charge on any atom is 0.285 e. The Hall–Kier alpha value is -2.96. The van der Waals surface area contributed by atoms with Crippen LogP contribution in [0.15, 0.2) is 72.1 Å². The number of carbonyl (C=O) groups excluding carboxylic acids is 2. The van der Waals surface area contributed by atoms with Crippen LogP contribution in [0, 0.1) is 0 Å². The van der Waals surface area contributed by atoms with E-state index in [2.05, 4.69) is 34.2 Å². The van der Waals surface area contributed by atoms with Crippen molar-refractivity contribution in [2.45, 2.75) is 19.0 Å². The molecule has 0 saturated heterocycles. The van der Waals surface area contributed by atoms with Gasteiger partial charge in [0.2, 0.25) is 5.91 Å². The lowest BCUT2D eigenvalue weighted by molar-refractivity contribution is -0.704. The number of quaternary nitrogens is 1. The molecule has 28 heavy (non-hydrogen) atoms. The maximum atomic E-state index is 13.3. The van der Waals surface area contributed by atoms with E-state index in [1.54, 1.807) is 16.2 Å². The topological polar surface area (TPSA) is 66.0 Å². The molecule has 1 aromatic heterocycles. The van der Waals surface area contributed by atoms with Crippen molar-refractivity contribution in [3.63, 3.8) is 0 Å². The van der Waals surface area contributed by atoms with Crippen LogP contribution in [-0.2, 0) is 9.59 Å². The lowest BCUT2D eigenvalue weighted by Crippen LogP contribution is -2.93. The van der Waals surface area contributed by atoms with Gasteiger partial charge in [0.25, 0.3) is 5.91 Å². The number of hydrogen-bond acceptors (Lipinski definition) is 3. The minimum atomic E-state index is -0.341. The van der Waals surface area contributed by atoms with Crippen molar-refractivity contribution in [1.29, 1.82) is 0 Å². The molecule has 142 valence electrons. The Labute approximate surface area is 168 Å². The predicted octanol–water partition coefficient (Wildman–Crippen LogP) is 2.77. The standard InChI is InChI=1S/C22H21N3O2S/c1-15(22(27)25-14-20(26)24-17-10-5-6-11-18(17)25)23-21(19-12-7-13-28-19)16-8-3-2-4-9-16/h2-13,15,21,23H,14H2,1H3,(H,24,26)/p+1/t15-,21+/m0/s1. The second kappa shape index (κ2) is 7.96.